The van der Waals surface area contributed by atoms with Crippen molar-refractivity contribution in [1.29, 1.82) is 0 Å². The molecule has 0 fully saturated rings. The normalized spacial score (nSPS) is 10.9. The van der Waals surface area contributed by atoms with Gasteiger partial charge >= 0.3 is 0 Å². The van der Waals surface area contributed by atoms with E-state index in [9.17, 15) is 0 Å². The fraction of sp³-hybridized carbons (Fsp3) is 0. The molecule has 0 unspecified atom stereocenters. The molecule has 0 heterocycles. The summed E-state index contributed by atoms with van der Waals surface area (Å²) in [4.78, 5) is 2.33. The maximum absolute atomic E-state index is 2.35. The average Bonchev–Trinajstić information content (AvgIpc) is 3.28. The van der Waals surface area contributed by atoms with Crippen LogP contribution in [0.5, 0.6) is 0 Å². The number of hydrogen-bond donors (Lipinski definition) is 0. The highest BCUT2D eigenvalue weighted by Gasteiger charge is 2.19. The minimum atomic E-state index is 1.10. The summed E-state index contributed by atoms with van der Waals surface area (Å²) in [6.07, 6.45) is 0. The second-order valence-corrected chi connectivity index (χ2v) is 13.8. The summed E-state index contributed by atoms with van der Waals surface area (Å²) in [6, 6.07) is 84.9. The lowest BCUT2D eigenvalue weighted by atomic mass is 9.84. The summed E-state index contributed by atoms with van der Waals surface area (Å²) in [5.74, 6) is 0. The van der Waals surface area contributed by atoms with Gasteiger partial charge in [-0.05, 0) is 115 Å². The van der Waals surface area contributed by atoms with Gasteiger partial charge in [0.2, 0.25) is 0 Å². The van der Waals surface area contributed by atoms with Crippen LogP contribution in [0.3, 0.4) is 0 Å². The van der Waals surface area contributed by atoms with Gasteiger partial charge in [-0.2, -0.15) is 0 Å². The molecule has 0 radical (unpaired) electrons. The van der Waals surface area contributed by atoms with E-state index in [4.69, 9.17) is 0 Å². The van der Waals surface area contributed by atoms with Gasteiger partial charge in [0.15, 0.2) is 0 Å². The molecule has 0 N–H and O–H groups in total. The fourth-order valence-electron chi connectivity index (χ4n) is 7.53. The molecule has 0 aliphatic heterocycles. The maximum Gasteiger partial charge on any atom is 0.0462 e. The van der Waals surface area contributed by atoms with E-state index < -0.39 is 0 Å². The van der Waals surface area contributed by atoms with E-state index in [0.29, 0.717) is 0 Å². The van der Waals surface area contributed by atoms with Crippen LogP contribution in [0, 0.1) is 0 Å². The lowest BCUT2D eigenvalue weighted by Crippen LogP contribution is -2.09. The van der Waals surface area contributed by atoms with Crippen LogP contribution in [0.1, 0.15) is 0 Å². The van der Waals surface area contributed by atoms with Crippen LogP contribution < -0.4 is 4.90 Å². The Bertz CT molecular complexity index is 2560. The van der Waals surface area contributed by atoms with Crippen molar-refractivity contribution in [3.63, 3.8) is 0 Å². The summed E-state index contributed by atoms with van der Waals surface area (Å²) in [5.41, 5.74) is 17.7. The molecule has 9 aromatic rings. The second-order valence-electron chi connectivity index (χ2n) is 13.8. The molecular weight excluding hydrogens is 663 g/mol. The minimum Gasteiger partial charge on any atom is -0.311 e. The summed E-state index contributed by atoms with van der Waals surface area (Å²) in [6.45, 7) is 0. The molecule has 0 atom stereocenters. The van der Waals surface area contributed by atoms with Gasteiger partial charge < -0.3 is 4.90 Å². The first-order valence-electron chi connectivity index (χ1n) is 18.8. The topological polar surface area (TPSA) is 3.24 Å². The van der Waals surface area contributed by atoms with Gasteiger partial charge in [0.05, 0.1) is 0 Å². The van der Waals surface area contributed by atoms with Crippen molar-refractivity contribution in [3.05, 3.63) is 237 Å². The monoisotopic (exact) mass is 701 g/mol. The molecule has 1 nitrogen and oxygen atoms in total. The highest BCUT2D eigenvalue weighted by molar-refractivity contribution is 5.98. The standard InChI is InChI=1S/C54H39N/c1-6-16-40(17-7-1)42-26-28-43(29-27-42)44-30-34-50(35-31-44)55(49-24-14-5-15-25-49)51-36-32-47(33-37-51)54-52(45-20-10-3-11-21-45)38-48(41-18-8-2-9-19-41)39-53(54)46-22-12-4-13-23-46/h1-39H. The number of hydrogen-bond acceptors (Lipinski definition) is 1. The molecule has 0 aliphatic carbocycles. The first-order valence-corrected chi connectivity index (χ1v) is 18.8. The van der Waals surface area contributed by atoms with Crippen LogP contribution in [0.4, 0.5) is 17.1 Å². The first-order chi connectivity index (χ1) is 27.3. The average molecular weight is 702 g/mol. The Morgan fingerprint density at radius 3 is 0.873 bits per heavy atom. The summed E-state index contributed by atoms with van der Waals surface area (Å²) in [5, 5.41) is 0. The van der Waals surface area contributed by atoms with Gasteiger partial charge in [0.25, 0.3) is 0 Å². The van der Waals surface area contributed by atoms with Crippen molar-refractivity contribution in [1.82, 2.24) is 0 Å². The van der Waals surface area contributed by atoms with E-state index >= 15 is 0 Å². The highest BCUT2D eigenvalue weighted by Crippen LogP contribution is 2.44. The second kappa shape index (κ2) is 15.4. The van der Waals surface area contributed by atoms with Crippen molar-refractivity contribution in [2.45, 2.75) is 0 Å². The summed E-state index contributed by atoms with van der Waals surface area (Å²) < 4.78 is 0. The van der Waals surface area contributed by atoms with E-state index in [1.807, 2.05) is 0 Å². The molecule has 9 aromatic carbocycles. The first kappa shape index (κ1) is 33.6. The molecule has 9 rings (SSSR count). The Balaban J connectivity index is 1.12. The molecule has 0 spiro atoms. The van der Waals surface area contributed by atoms with Crippen LogP contribution in [-0.2, 0) is 0 Å². The molecule has 0 amide bonds. The molecule has 0 saturated heterocycles. The quantitative estimate of drug-likeness (QED) is 0.145. The molecule has 0 aromatic heterocycles. The van der Waals surface area contributed by atoms with E-state index in [-0.39, 0.29) is 0 Å². The third-order valence-electron chi connectivity index (χ3n) is 10.3. The minimum absolute atomic E-state index is 1.10. The third kappa shape index (κ3) is 7.12. The van der Waals surface area contributed by atoms with Gasteiger partial charge in [-0.15, -0.1) is 0 Å². The van der Waals surface area contributed by atoms with Crippen molar-refractivity contribution in [2.75, 3.05) is 4.90 Å². The number of nitrogens with zero attached hydrogens (tertiary/aromatic N) is 1. The molecular formula is C54H39N. The van der Waals surface area contributed by atoms with Crippen molar-refractivity contribution >= 4 is 17.1 Å². The van der Waals surface area contributed by atoms with Gasteiger partial charge in [-0.25, -0.2) is 0 Å². The van der Waals surface area contributed by atoms with Crippen LogP contribution in [0.25, 0.3) is 66.8 Å². The van der Waals surface area contributed by atoms with Crippen molar-refractivity contribution in [2.24, 2.45) is 0 Å². The maximum atomic E-state index is 2.35. The number of anilines is 3. The van der Waals surface area contributed by atoms with E-state index in [1.54, 1.807) is 0 Å². The number of para-hydroxylation sites is 1. The van der Waals surface area contributed by atoms with Gasteiger partial charge in [0, 0.05) is 17.1 Å². The third-order valence-corrected chi connectivity index (χ3v) is 10.3. The molecule has 260 valence electrons. The molecule has 0 bridgehead atoms. The lowest BCUT2D eigenvalue weighted by Gasteiger charge is -2.26. The number of rotatable bonds is 9. The summed E-state index contributed by atoms with van der Waals surface area (Å²) >= 11 is 0. The molecule has 0 aliphatic rings. The molecule has 0 saturated carbocycles. The van der Waals surface area contributed by atoms with Crippen LogP contribution in [0.2, 0.25) is 0 Å². The van der Waals surface area contributed by atoms with Gasteiger partial charge in [0.1, 0.15) is 0 Å². The molecule has 55 heavy (non-hydrogen) atoms. The number of benzene rings is 9. The van der Waals surface area contributed by atoms with Gasteiger partial charge in [-0.3, -0.25) is 0 Å². The van der Waals surface area contributed by atoms with Crippen LogP contribution >= 0.6 is 0 Å². The zero-order valence-electron chi connectivity index (χ0n) is 30.5. The van der Waals surface area contributed by atoms with E-state index in [2.05, 4.69) is 241 Å². The predicted molar refractivity (Wildman–Crippen MR) is 234 cm³/mol. The van der Waals surface area contributed by atoms with E-state index in [1.165, 1.54) is 66.8 Å². The Labute approximate surface area is 324 Å². The lowest BCUT2D eigenvalue weighted by molar-refractivity contribution is 1.28. The largest absolute Gasteiger partial charge is 0.311 e. The Morgan fingerprint density at radius 2 is 0.473 bits per heavy atom. The summed E-state index contributed by atoms with van der Waals surface area (Å²) in [7, 11) is 0. The smallest absolute Gasteiger partial charge is 0.0462 e. The van der Waals surface area contributed by atoms with Crippen LogP contribution in [0.15, 0.2) is 237 Å². The zero-order valence-corrected chi connectivity index (χ0v) is 30.5. The molecule has 1 heteroatoms. The van der Waals surface area contributed by atoms with Crippen LogP contribution in [-0.4, -0.2) is 0 Å². The van der Waals surface area contributed by atoms with Crippen molar-refractivity contribution < 1.29 is 0 Å². The SMILES string of the molecule is c1ccc(-c2ccc(-c3ccc(N(c4ccccc4)c4ccc(-c5c(-c6ccccc6)cc(-c6ccccc6)cc5-c5ccccc5)cc4)cc3)cc2)cc1. The highest BCUT2D eigenvalue weighted by atomic mass is 15.1. The fourth-order valence-corrected chi connectivity index (χ4v) is 7.53. The Morgan fingerprint density at radius 1 is 0.200 bits per heavy atom. The zero-order chi connectivity index (χ0) is 36.8. The van der Waals surface area contributed by atoms with E-state index in [0.717, 1.165) is 17.1 Å². The van der Waals surface area contributed by atoms with Gasteiger partial charge in [-0.1, -0.05) is 188 Å². The van der Waals surface area contributed by atoms with Crippen molar-refractivity contribution in [3.8, 4) is 66.8 Å². The predicted octanol–water partition coefficient (Wildman–Crippen LogP) is 15.2. The Hall–Kier alpha value is -7.22. The Kier molecular flexibility index (Phi) is 9.41.